The molecule has 0 aliphatic heterocycles. The molecule has 0 aliphatic rings. The molecule has 4 heteroatoms. The molecule has 0 radical (unpaired) electrons. The Kier molecular flexibility index (Phi) is 5.34. The van der Waals surface area contributed by atoms with Gasteiger partial charge in [0, 0.05) is 25.3 Å². The quantitative estimate of drug-likeness (QED) is 0.820. The molecule has 0 saturated carbocycles. The van der Waals surface area contributed by atoms with Crippen LogP contribution in [0.4, 0.5) is 0 Å². The van der Waals surface area contributed by atoms with E-state index in [2.05, 4.69) is 34.1 Å². The molecule has 0 amide bonds. The van der Waals surface area contributed by atoms with Crippen LogP contribution in [-0.4, -0.2) is 6.04 Å². The molecule has 2 aromatic rings. The smallest absolute Gasteiger partial charge is 0.0449 e. The number of benzene rings is 2. The van der Waals surface area contributed by atoms with Crippen molar-refractivity contribution in [3.8, 4) is 0 Å². The second-order valence-electron chi connectivity index (χ2n) is 4.45. The third-order valence-corrected chi connectivity index (χ3v) is 4.64. The Labute approximate surface area is 131 Å². The minimum Gasteiger partial charge on any atom is -0.328 e. The van der Waals surface area contributed by atoms with Gasteiger partial charge in [0.1, 0.15) is 0 Å². The van der Waals surface area contributed by atoms with Crippen LogP contribution < -0.4 is 5.73 Å². The molecule has 0 aromatic heterocycles. The van der Waals surface area contributed by atoms with E-state index in [-0.39, 0.29) is 6.04 Å². The first-order valence-electron chi connectivity index (χ1n) is 6.02. The van der Waals surface area contributed by atoms with Crippen LogP contribution in [0.15, 0.2) is 56.7 Å². The zero-order valence-corrected chi connectivity index (χ0v) is 13.7. The van der Waals surface area contributed by atoms with E-state index in [0.29, 0.717) is 0 Å². The third kappa shape index (κ3) is 4.25. The summed E-state index contributed by atoms with van der Waals surface area (Å²) in [5.41, 5.74) is 7.03. The maximum absolute atomic E-state index is 6.29. The van der Waals surface area contributed by atoms with Crippen molar-refractivity contribution >= 4 is 39.3 Å². The van der Waals surface area contributed by atoms with E-state index in [1.165, 1.54) is 9.79 Å². The maximum atomic E-state index is 6.29. The Morgan fingerprint density at radius 2 is 1.89 bits per heavy atom. The lowest BCUT2D eigenvalue weighted by Gasteiger charge is -2.13. The Morgan fingerprint density at radius 1 is 1.21 bits per heavy atom. The minimum atomic E-state index is 0.101. The highest BCUT2D eigenvalue weighted by molar-refractivity contribution is 9.10. The summed E-state index contributed by atoms with van der Waals surface area (Å²) >= 11 is 11.4. The molecule has 1 nitrogen and oxygen atoms in total. The molecule has 0 aliphatic carbocycles. The predicted octanol–water partition coefficient (Wildman–Crippen LogP) is 5.14. The van der Waals surface area contributed by atoms with Crippen LogP contribution in [0.1, 0.15) is 12.5 Å². The normalized spacial score (nSPS) is 12.4. The number of rotatable bonds is 4. The first-order valence-corrected chi connectivity index (χ1v) is 8.01. The zero-order chi connectivity index (χ0) is 13.8. The average Bonchev–Trinajstić information content (AvgIpc) is 2.36. The van der Waals surface area contributed by atoms with Crippen LogP contribution in [0.2, 0.25) is 5.02 Å². The lowest BCUT2D eigenvalue weighted by atomic mass is 10.1. The van der Waals surface area contributed by atoms with Gasteiger partial charge in [0.25, 0.3) is 0 Å². The van der Waals surface area contributed by atoms with E-state index in [9.17, 15) is 0 Å². The van der Waals surface area contributed by atoms with Gasteiger partial charge in [-0.2, -0.15) is 0 Å². The van der Waals surface area contributed by atoms with E-state index < -0.39 is 0 Å². The summed E-state index contributed by atoms with van der Waals surface area (Å²) < 4.78 is 1.08. The Hall–Kier alpha value is -0.480. The van der Waals surface area contributed by atoms with Crippen molar-refractivity contribution in [2.24, 2.45) is 5.73 Å². The summed E-state index contributed by atoms with van der Waals surface area (Å²) in [4.78, 5) is 2.36. The molecule has 1 atom stereocenters. The summed E-state index contributed by atoms with van der Waals surface area (Å²) in [6.45, 7) is 2.00. The molecular weight excluding hydrogens is 342 g/mol. The molecule has 0 heterocycles. The highest BCUT2D eigenvalue weighted by atomic mass is 79.9. The van der Waals surface area contributed by atoms with Crippen molar-refractivity contribution in [2.45, 2.75) is 29.2 Å². The van der Waals surface area contributed by atoms with Gasteiger partial charge in [-0.05, 0) is 55.3 Å². The van der Waals surface area contributed by atoms with Crippen molar-refractivity contribution in [3.05, 3.63) is 57.5 Å². The fraction of sp³-hybridized carbons (Fsp3) is 0.200. The van der Waals surface area contributed by atoms with Gasteiger partial charge in [-0.1, -0.05) is 45.4 Å². The number of halogens is 2. The van der Waals surface area contributed by atoms with Crippen molar-refractivity contribution in [1.29, 1.82) is 0 Å². The average molecular weight is 357 g/mol. The lowest BCUT2D eigenvalue weighted by molar-refractivity contribution is 0.729. The number of hydrogen-bond acceptors (Lipinski definition) is 2. The maximum Gasteiger partial charge on any atom is 0.0449 e. The standard InChI is InChI=1S/C15H15BrClNS/c1-10(18)9-13-14(17)3-2-4-15(13)19-12-7-5-11(16)6-8-12/h2-8,10H,9,18H2,1H3. The van der Waals surface area contributed by atoms with Gasteiger partial charge < -0.3 is 5.73 Å². The van der Waals surface area contributed by atoms with Crippen molar-refractivity contribution in [2.75, 3.05) is 0 Å². The molecule has 0 spiro atoms. The fourth-order valence-corrected chi connectivity index (χ4v) is 3.35. The van der Waals surface area contributed by atoms with E-state index in [1.54, 1.807) is 11.8 Å². The van der Waals surface area contributed by atoms with Gasteiger partial charge in [0.05, 0.1) is 0 Å². The fourth-order valence-electron chi connectivity index (χ4n) is 1.78. The van der Waals surface area contributed by atoms with Crippen LogP contribution in [0, 0.1) is 0 Å². The van der Waals surface area contributed by atoms with Gasteiger partial charge in [-0.3, -0.25) is 0 Å². The van der Waals surface area contributed by atoms with Gasteiger partial charge in [-0.15, -0.1) is 0 Å². The SMILES string of the molecule is CC(N)Cc1c(Cl)cccc1Sc1ccc(Br)cc1. The minimum absolute atomic E-state index is 0.101. The van der Waals surface area contributed by atoms with Gasteiger partial charge >= 0.3 is 0 Å². The second kappa shape index (κ2) is 6.80. The van der Waals surface area contributed by atoms with E-state index in [0.717, 1.165) is 21.5 Å². The van der Waals surface area contributed by atoms with E-state index in [4.69, 9.17) is 17.3 Å². The Balaban J connectivity index is 2.29. The molecule has 19 heavy (non-hydrogen) atoms. The highest BCUT2D eigenvalue weighted by Crippen LogP contribution is 2.34. The molecule has 2 aromatic carbocycles. The topological polar surface area (TPSA) is 26.0 Å². The van der Waals surface area contributed by atoms with Crippen molar-refractivity contribution < 1.29 is 0 Å². The summed E-state index contributed by atoms with van der Waals surface area (Å²) in [6.07, 6.45) is 0.790. The van der Waals surface area contributed by atoms with Gasteiger partial charge in [0.2, 0.25) is 0 Å². The first-order chi connectivity index (χ1) is 9.06. The first kappa shape index (κ1) is 14.9. The molecule has 100 valence electrons. The van der Waals surface area contributed by atoms with Crippen LogP contribution in [0.3, 0.4) is 0 Å². The van der Waals surface area contributed by atoms with Gasteiger partial charge in [-0.25, -0.2) is 0 Å². The van der Waals surface area contributed by atoms with Crippen LogP contribution in [-0.2, 0) is 6.42 Å². The molecular formula is C15H15BrClNS. The molecule has 0 fully saturated rings. The van der Waals surface area contributed by atoms with E-state index >= 15 is 0 Å². The summed E-state index contributed by atoms with van der Waals surface area (Å²) in [6, 6.07) is 14.4. The molecule has 0 bridgehead atoms. The Morgan fingerprint density at radius 3 is 2.53 bits per heavy atom. The lowest BCUT2D eigenvalue weighted by Crippen LogP contribution is -2.18. The largest absolute Gasteiger partial charge is 0.328 e. The van der Waals surface area contributed by atoms with E-state index in [1.807, 2.05) is 31.2 Å². The third-order valence-electron chi connectivity index (χ3n) is 2.64. The second-order valence-corrected chi connectivity index (χ2v) is 6.89. The Bertz CT molecular complexity index is 555. The molecule has 1 unspecified atom stereocenters. The van der Waals surface area contributed by atoms with Crippen molar-refractivity contribution in [1.82, 2.24) is 0 Å². The van der Waals surface area contributed by atoms with Crippen LogP contribution in [0.5, 0.6) is 0 Å². The van der Waals surface area contributed by atoms with Crippen LogP contribution >= 0.6 is 39.3 Å². The number of nitrogens with two attached hydrogens (primary N) is 1. The number of hydrogen-bond donors (Lipinski definition) is 1. The molecule has 2 rings (SSSR count). The summed E-state index contributed by atoms with van der Waals surface area (Å²) in [7, 11) is 0. The predicted molar refractivity (Wildman–Crippen MR) is 87.1 cm³/mol. The summed E-state index contributed by atoms with van der Waals surface area (Å²) in [5, 5.41) is 0.791. The zero-order valence-electron chi connectivity index (χ0n) is 10.6. The highest BCUT2D eigenvalue weighted by Gasteiger charge is 2.10. The molecule has 0 saturated heterocycles. The van der Waals surface area contributed by atoms with Crippen LogP contribution in [0.25, 0.3) is 0 Å². The monoisotopic (exact) mass is 355 g/mol. The van der Waals surface area contributed by atoms with Gasteiger partial charge in [0.15, 0.2) is 0 Å². The molecule has 2 N–H and O–H groups in total. The summed E-state index contributed by atoms with van der Waals surface area (Å²) in [5.74, 6) is 0. The van der Waals surface area contributed by atoms with Crippen molar-refractivity contribution in [3.63, 3.8) is 0 Å².